The number of aliphatic hydroxyl groups excluding tert-OH is 1. The third kappa shape index (κ3) is 7.47. The highest BCUT2D eigenvalue weighted by atomic mass is 79.9. The van der Waals surface area contributed by atoms with Crippen molar-refractivity contribution in [2.45, 2.75) is 33.3 Å². The van der Waals surface area contributed by atoms with Crippen LogP contribution in [0.2, 0.25) is 0 Å². The van der Waals surface area contributed by atoms with Crippen molar-refractivity contribution >= 4 is 15.9 Å². The molecule has 0 amide bonds. The monoisotopic (exact) mass is 251 g/mol. The predicted octanol–water partition coefficient (Wildman–Crippen LogP) is 2.11. The van der Waals surface area contributed by atoms with E-state index in [0.717, 1.165) is 24.8 Å². The summed E-state index contributed by atoms with van der Waals surface area (Å²) in [7, 11) is 2.10. The molecule has 0 spiro atoms. The summed E-state index contributed by atoms with van der Waals surface area (Å²) in [6.07, 6.45) is 0.670. The number of hydrogen-bond donors (Lipinski definition) is 1. The van der Waals surface area contributed by atoms with Crippen LogP contribution in [0.3, 0.4) is 0 Å². The summed E-state index contributed by atoms with van der Waals surface area (Å²) in [5.41, 5.74) is 0.313. The molecule has 80 valence electrons. The molecule has 2 nitrogen and oxygen atoms in total. The highest BCUT2D eigenvalue weighted by Crippen LogP contribution is 2.19. The lowest BCUT2D eigenvalue weighted by Gasteiger charge is -2.28. The van der Waals surface area contributed by atoms with E-state index in [0.29, 0.717) is 5.41 Å². The number of rotatable bonds is 6. The molecule has 0 rings (SSSR count). The van der Waals surface area contributed by atoms with Gasteiger partial charge in [-0.2, -0.15) is 0 Å². The molecule has 0 aliphatic carbocycles. The van der Waals surface area contributed by atoms with Crippen LogP contribution in [0.15, 0.2) is 0 Å². The van der Waals surface area contributed by atoms with E-state index in [2.05, 4.69) is 41.7 Å². The third-order valence-electron chi connectivity index (χ3n) is 1.99. The molecule has 0 aliphatic rings. The summed E-state index contributed by atoms with van der Waals surface area (Å²) in [4.78, 5) is 2.27. The average molecular weight is 252 g/mol. The molecule has 0 saturated carbocycles. The quantitative estimate of drug-likeness (QED) is 0.732. The molecule has 3 heteroatoms. The van der Waals surface area contributed by atoms with Gasteiger partial charge in [-0.05, 0) is 25.8 Å². The van der Waals surface area contributed by atoms with Crippen LogP contribution >= 0.6 is 15.9 Å². The average Bonchev–Trinajstić information content (AvgIpc) is 2.00. The van der Waals surface area contributed by atoms with Gasteiger partial charge in [0.2, 0.25) is 0 Å². The van der Waals surface area contributed by atoms with Crippen LogP contribution in [0.5, 0.6) is 0 Å². The van der Waals surface area contributed by atoms with E-state index in [-0.39, 0.29) is 6.10 Å². The molecule has 1 atom stereocenters. The minimum Gasteiger partial charge on any atom is -0.393 e. The molecule has 0 aromatic carbocycles. The van der Waals surface area contributed by atoms with Gasteiger partial charge in [-0.1, -0.05) is 29.8 Å². The maximum absolute atomic E-state index is 9.12. The predicted molar refractivity (Wildman–Crippen MR) is 61.4 cm³/mol. The smallest absolute Gasteiger partial charge is 0.0524 e. The Morgan fingerprint density at radius 2 is 2.00 bits per heavy atom. The van der Waals surface area contributed by atoms with E-state index in [1.54, 1.807) is 0 Å². The zero-order valence-corrected chi connectivity index (χ0v) is 10.8. The van der Waals surface area contributed by atoms with Gasteiger partial charge in [-0.3, -0.25) is 0 Å². The maximum Gasteiger partial charge on any atom is 0.0524 e. The summed E-state index contributed by atoms with van der Waals surface area (Å²) >= 11 is 3.50. The van der Waals surface area contributed by atoms with E-state index in [4.69, 9.17) is 5.11 Å². The molecule has 1 unspecified atom stereocenters. The molecule has 0 bridgehead atoms. The molecule has 0 aromatic heterocycles. The Morgan fingerprint density at radius 3 is 2.38 bits per heavy atom. The van der Waals surface area contributed by atoms with Crippen molar-refractivity contribution in [1.29, 1.82) is 0 Å². The first-order chi connectivity index (χ1) is 5.87. The first-order valence-electron chi connectivity index (χ1n) is 4.80. The largest absolute Gasteiger partial charge is 0.393 e. The van der Waals surface area contributed by atoms with Gasteiger partial charge in [-0.15, -0.1) is 0 Å². The maximum atomic E-state index is 9.12. The Bertz CT molecular complexity index is 137. The molecular weight excluding hydrogens is 230 g/mol. The van der Waals surface area contributed by atoms with Crippen molar-refractivity contribution in [3.63, 3.8) is 0 Å². The number of hydrogen-bond acceptors (Lipinski definition) is 2. The molecule has 1 N–H and O–H groups in total. The van der Waals surface area contributed by atoms with Crippen molar-refractivity contribution in [3.8, 4) is 0 Å². The number of nitrogens with zero attached hydrogens (tertiary/aromatic N) is 1. The number of aliphatic hydroxyl groups is 1. The van der Waals surface area contributed by atoms with Gasteiger partial charge < -0.3 is 10.0 Å². The van der Waals surface area contributed by atoms with Gasteiger partial charge in [0, 0.05) is 18.4 Å². The number of alkyl halides is 1. The Balaban J connectivity index is 3.67. The molecule has 0 saturated heterocycles. The molecule has 13 heavy (non-hydrogen) atoms. The van der Waals surface area contributed by atoms with E-state index in [1.807, 2.05) is 6.92 Å². The molecule has 0 aromatic rings. The lowest BCUT2D eigenvalue weighted by molar-refractivity contribution is 0.151. The number of halogens is 1. The Hall–Kier alpha value is 0.400. The summed E-state index contributed by atoms with van der Waals surface area (Å²) in [5.74, 6) is 0. The highest BCUT2D eigenvalue weighted by Gasteiger charge is 2.18. The lowest BCUT2D eigenvalue weighted by atomic mass is 9.96. The summed E-state index contributed by atoms with van der Waals surface area (Å²) in [6.45, 7) is 8.34. The van der Waals surface area contributed by atoms with Gasteiger partial charge in [0.15, 0.2) is 0 Å². The normalized spacial score (nSPS) is 15.0. The minimum absolute atomic E-state index is 0.186. The van der Waals surface area contributed by atoms with Crippen LogP contribution < -0.4 is 0 Å². The van der Waals surface area contributed by atoms with Gasteiger partial charge in [0.1, 0.15) is 0 Å². The van der Waals surface area contributed by atoms with E-state index >= 15 is 0 Å². The lowest BCUT2D eigenvalue weighted by Crippen LogP contribution is -2.34. The van der Waals surface area contributed by atoms with Crippen LogP contribution in [0, 0.1) is 5.41 Å². The van der Waals surface area contributed by atoms with Gasteiger partial charge >= 0.3 is 0 Å². The van der Waals surface area contributed by atoms with Crippen LogP contribution in [-0.2, 0) is 0 Å². The second-order valence-electron chi connectivity index (χ2n) is 4.67. The van der Waals surface area contributed by atoms with Crippen LogP contribution in [-0.4, -0.2) is 41.6 Å². The van der Waals surface area contributed by atoms with Crippen molar-refractivity contribution in [2.24, 2.45) is 5.41 Å². The third-order valence-corrected chi connectivity index (χ3v) is 3.51. The van der Waals surface area contributed by atoms with Crippen molar-refractivity contribution < 1.29 is 5.11 Å². The fourth-order valence-electron chi connectivity index (χ4n) is 1.26. The van der Waals surface area contributed by atoms with Crippen molar-refractivity contribution in [1.82, 2.24) is 4.90 Å². The van der Waals surface area contributed by atoms with E-state index < -0.39 is 0 Å². The fraction of sp³-hybridized carbons (Fsp3) is 1.00. The van der Waals surface area contributed by atoms with Gasteiger partial charge in [0.25, 0.3) is 0 Å². The Kier molecular flexibility index (Phi) is 6.18. The van der Waals surface area contributed by atoms with E-state index in [1.165, 1.54) is 0 Å². The standard InChI is InChI=1S/C10H22BrNO/c1-9(13)5-6-12(4)8-10(2,3)7-11/h9,13H,5-8H2,1-4H3. The summed E-state index contributed by atoms with van der Waals surface area (Å²) < 4.78 is 0. The zero-order chi connectivity index (χ0) is 10.5. The first kappa shape index (κ1) is 13.4. The van der Waals surface area contributed by atoms with Crippen LogP contribution in [0.25, 0.3) is 0 Å². The fourth-order valence-corrected chi connectivity index (χ4v) is 1.44. The van der Waals surface area contributed by atoms with Crippen LogP contribution in [0.1, 0.15) is 27.2 Å². The Labute approximate surface area is 90.4 Å². The first-order valence-corrected chi connectivity index (χ1v) is 5.92. The second kappa shape index (κ2) is 5.99. The molecule has 0 heterocycles. The minimum atomic E-state index is -0.186. The van der Waals surface area contributed by atoms with Crippen molar-refractivity contribution in [2.75, 3.05) is 25.5 Å². The molecule has 0 aliphatic heterocycles. The van der Waals surface area contributed by atoms with E-state index in [9.17, 15) is 0 Å². The summed E-state index contributed by atoms with van der Waals surface area (Å²) in [5, 5.41) is 10.1. The zero-order valence-electron chi connectivity index (χ0n) is 9.18. The highest BCUT2D eigenvalue weighted by molar-refractivity contribution is 9.09. The summed E-state index contributed by atoms with van der Waals surface area (Å²) in [6, 6.07) is 0. The molecular formula is C10H22BrNO. The van der Waals surface area contributed by atoms with Crippen molar-refractivity contribution in [3.05, 3.63) is 0 Å². The second-order valence-corrected chi connectivity index (χ2v) is 5.23. The topological polar surface area (TPSA) is 23.5 Å². The molecule has 0 fully saturated rings. The SMILES string of the molecule is CC(O)CCN(C)CC(C)(C)CBr. The Morgan fingerprint density at radius 1 is 1.46 bits per heavy atom. The van der Waals surface area contributed by atoms with Gasteiger partial charge in [-0.25, -0.2) is 0 Å². The van der Waals surface area contributed by atoms with Crippen LogP contribution in [0.4, 0.5) is 0 Å². The van der Waals surface area contributed by atoms with Gasteiger partial charge in [0.05, 0.1) is 6.10 Å². The molecule has 0 radical (unpaired) electrons.